The molecule has 0 aliphatic carbocycles. The first-order valence-corrected chi connectivity index (χ1v) is 8.29. The Morgan fingerprint density at radius 3 is 2.76 bits per heavy atom. The van der Waals surface area contributed by atoms with E-state index >= 15 is 0 Å². The molecule has 1 fully saturated rings. The molecule has 0 spiro atoms. The fraction of sp³-hybridized carbons (Fsp3) is 0.429. The van der Waals surface area contributed by atoms with Crippen LogP contribution in [-0.4, -0.2) is 45.6 Å². The van der Waals surface area contributed by atoms with Crippen LogP contribution in [0.4, 0.5) is 10.5 Å². The molecule has 0 bridgehead atoms. The van der Waals surface area contributed by atoms with Gasteiger partial charge in [-0.15, -0.1) is 0 Å². The molecule has 1 saturated heterocycles. The molecule has 2 N–H and O–H groups in total. The highest BCUT2D eigenvalue weighted by molar-refractivity contribution is 9.10. The zero-order chi connectivity index (χ0) is 15.6. The highest BCUT2D eigenvalue weighted by atomic mass is 79.9. The maximum absolute atomic E-state index is 12.3. The number of carboxylic acid groups (broad SMARTS) is 1. The Labute approximate surface area is 136 Å². The summed E-state index contributed by atoms with van der Waals surface area (Å²) < 4.78 is 0.533. The molecule has 1 aliphatic heterocycles. The van der Waals surface area contributed by atoms with E-state index in [-0.39, 0.29) is 16.3 Å². The number of hydrogen-bond acceptors (Lipinski definition) is 3. The first-order chi connectivity index (χ1) is 9.78. The molecule has 0 aromatic heterocycles. The van der Waals surface area contributed by atoms with Gasteiger partial charge in [-0.05, 0) is 48.0 Å². The van der Waals surface area contributed by atoms with Crippen molar-refractivity contribution in [2.24, 2.45) is 0 Å². The van der Waals surface area contributed by atoms with Crippen LogP contribution in [-0.2, 0) is 0 Å². The number of hydrogen-bond donors (Lipinski definition) is 2. The summed E-state index contributed by atoms with van der Waals surface area (Å²) in [6.07, 6.45) is 0. The van der Waals surface area contributed by atoms with Crippen molar-refractivity contribution in [3.8, 4) is 0 Å². The Morgan fingerprint density at radius 2 is 2.14 bits per heavy atom. The summed E-state index contributed by atoms with van der Waals surface area (Å²) in [6.45, 7) is 5.59. The predicted molar refractivity (Wildman–Crippen MR) is 88.2 cm³/mol. The van der Waals surface area contributed by atoms with E-state index in [4.69, 9.17) is 5.11 Å². The Kier molecular flexibility index (Phi) is 4.83. The van der Waals surface area contributed by atoms with E-state index in [0.717, 1.165) is 5.75 Å². The first kappa shape index (κ1) is 16.2. The third-order valence-electron chi connectivity index (χ3n) is 3.16. The lowest BCUT2D eigenvalue weighted by atomic mass is 10.2. The number of nitrogens with one attached hydrogen (secondary N) is 1. The van der Waals surface area contributed by atoms with Crippen molar-refractivity contribution >= 4 is 45.4 Å². The molecule has 0 saturated carbocycles. The molecule has 21 heavy (non-hydrogen) atoms. The second kappa shape index (κ2) is 6.27. The predicted octanol–water partition coefficient (Wildman–Crippen LogP) is 3.51. The number of thioether (sulfide) groups is 1. The van der Waals surface area contributed by atoms with Crippen molar-refractivity contribution in [1.82, 2.24) is 4.90 Å². The Bertz CT molecular complexity index is 577. The lowest BCUT2D eigenvalue weighted by Crippen LogP contribution is -2.47. The van der Waals surface area contributed by atoms with Gasteiger partial charge in [0.25, 0.3) is 0 Å². The quantitative estimate of drug-likeness (QED) is 0.833. The van der Waals surface area contributed by atoms with Gasteiger partial charge in [-0.25, -0.2) is 9.59 Å². The third kappa shape index (κ3) is 4.14. The summed E-state index contributed by atoms with van der Waals surface area (Å²) in [5.41, 5.74) is 0.610. The highest BCUT2D eigenvalue weighted by Crippen LogP contribution is 2.30. The summed E-state index contributed by atoms with van der Waals surface area (Å²) in [7, 11) is 0. The Morgan fingerprint density at radius 1 is 1.43 bits per heavy atom. The number of aromatic carboxylic acids is 1. The van der Waals surface area contributed by atoms with Crippen molar-refractivity contribution in [3.63, 3.8) is 0 Å². The van der Waals surface area contributed by atoms with E-state index in [2.05, 4.69) is 35.1 Å². The second-order valence-corrected chi connectivity index (χ2v) is 8.12. The van der Waals surface area contributed by atoms with Gasteiger partial charge in [-0.2, -0.15) is 11.8 Å². The Balaban J connectivity index is 2.09. The van der Waals surface area contributed by atoms with Crippen LogP contribution in [0.5, 0.6) is 0 Å². The van der Waals surface area contributed by atoms with Gasteiger partial charge in [-0.3, -0.25) is 0 Å². The fourth-order valence-corrected chi connectivity index (χ4v) is 3.69. The van der Waals surface area contributed by atoms with Gasteiger partial charge in [0, 0.05) is 33.7 Å². The van der Waals surface area contributed by atoms with Gasteiger partial charge in [-0.1, -0.05) is 0 Å². The maximum Gasteiger partial charge on any atom is 0.336 e. The van der Waals surface area contributed by atoms with Crippen molar-refractivity contribution < 1.29 is 14.7 Å². The number of carbonyl (C=O) groups is 2. The number of urea groups is 1. The SMILES string of the molecule is CC1(C)CN(C(=O)Nc2ccc(Br)c(C(=O)O)c2)CCS1. The number of amides is 2. The van der Waals surface area contributed by atoms with Crippen molar-refractivity contribution in [2.45, 2.75) is 18.6 Å². The zero-order valence-electron chi connectivity index (χ0n) is 11.9. The number of nitrogens with zero attached hydrogens (tertiary/aromatic N) is 1. The van der Waals surface area contributed by atoms with E-state index in [0.29, 0.717) is 23.2 Å². The maximum atomic E-state index is 12.3. The van der Waals surface area contributed by atoms with Crippen LogP contribution >= 0.6 is 27.7 Å². The van der Waals surface area contributed by atoms with E-state index in [1.165, 1.54) is 6.07 Å². The number of halogens is 1. The van der Waals surface area contributed by atoms with Gasteiger partial charge in [0.1, 0.15) is 0 Å². The molecule has 0 unspecified atom stereocenters. The molecule has 0 radical (unpaired) electrons. The summed E-state index contributed by atoms with van der Waals surface area (Å²) >= 11 is 5.03. The fourth-order valence-electron chi connectivity index (χ4n) is 2.16. The van der Waals surface area contributed by atoms with E-state index in [1.54, 1.807) is 17.0 Å². The summed E-state index contributed by atoms with van der Waals surface area (Å²) in [5.74, 6) is -0.130. The van der Waals surface area contributed by atoms with Crippen LogP contribution in [0, 0.1) is 0 Å². The largest absolute Gasteiger partial charge is 0.478 e. The molecule has 1 heterocycles. The van der Waals surface area contributed by atoms with Crippen molar-refractivity contribution in [3.05, 3.63) is 28.2 Å². The zero-order valence-corrected chi connectivity index (χ0v) is 14.3. The number of anilines is 1. The normalized spacial score (nSPS) is 17.4. The van der Waals surface area contributed by atoms with Crippen LogP contribution in [0.2, 0.25) is 0 Å². The summed E-state index contributed by atoms with van der Waals surface area (Å²) in [4.78, 5) is 25.1. The van der Waals surface area contributed by atoms with Crippen LogP contribution in [0.15, 0.2) is 22.7 Å². The molecule has 2 rings (SSSR count). The van der Waals surface area contributed by atoms with Crippen LogP contribution < -0.4 is 5.32 Å². The van der Waals surface area contributed by atoms with Crippen molar-refractivity contribution in [2.75, 3.05) is 24.2 Å². The number of carbonyl (C=O) groups excluding carboxylic acids is 1. The molecule has 5 nitrogen and oxygen atoms in total. The minimum absolute atomic E-state index is 0.0432. The molecule has 1 aromatic rings. The van der Waals surface area contributed by atoms with Crippen molar-refractivity contribution in [1.29, 1.82) is 0 Å². The van der Waals surface area contributed by atoms with E-state index < -0.39 is 5.97 Å². The van der Waals surface area contributed by atoms with Gasteiger partial charge >= 0.3 is 12.0 Å². The molecule has 2 amide bonds. The molecular formula is C14H17BrN2O3S. The minimum atomic E-state index is -1.03. The summed E-state index contributed by atoms with van der Waals surface area (Å²) in [5, 5.41) is 11.9. The van der Waals surface area contributed by atoms with Crippen LogP contribution in [0.25, 0.3) is 0 Å². The molecule has 0 atom stereocenters. The van der Waals surface area contributed by atoms with Crippen LogP contribution in [0.3, 0.4) is 0 Å². The number of rotatable bonds is 2. The van der Waals surface area contributed by atoms with Crippen LogP contribution in [0.1, 0.15) is 24.2 Å². The number of carboxylic acids is 1. The molecule has 114 valence electrons. The average molecular weight is 373 g/mol. The minimum Gasteiger partial charge on any atom is -0.478 e. The molecule has 1 aromatic carbocycles. The smallest absolute Gasteiger partial charge is 0.336 e. The lowest BCUT2D eigenvalue weighted by molar-refractivity contribution is 0.0696. The van der Waals surface area contributed by atoms with E-state index in [9.17, 15) is 9.59 Å². The van der Waals surface area contributed by atoms with Gasteiger partial charge in [0.15, 0.2) is 0 Å². The lowest BCUT2D eigenvalue weighted by Gasteiger charge is -2.37. The third-order valence-corrected chi connectivity index (χ3v) is 5.15. The van der Waals surface area contributed by atoms with E-state index in [1.807, 2.05) is 11.8 Å². The topological polar surface area (TPSA) is 69.6 Å². The number of benzene rings is 1. The Hall–Kier alpha value is -1.21. The molecular weight excluding hydrogens is 356 g/mol. The first-order valence-electron chi connectivity index (χ1n) is 6.51. The average Bonchev–Trinajstić information content (AvgIpc) is 2.39. The standard InChI is InChI=1S/C14H17BrN2O3S/c1-14(2)8-17(5-6-21-14)13(20)16-9-3-4-11(15)10(7-9)12(18)19/h3-4,7H,5-6,8H2,1-2H3,(H,16,20)(H,18,19). The highest BCUT2D eigenvalue weighted by Gasteiger charge is 2.29. The van der Waals surface area contributed by atoms with Gasteiger partial charge in [0.05, 0.1) is 5.56 Å². The van der Waals surface area contributed by atoms with Gasteiger partial charge < -0.3 is 15.3 Å². The second-order valence-electron chi connectivity index (χ2n) is 5.46. The molecule has 1 aliphatic rings. The monoisotopic (exact) mass is 372 g/mol. The molecule has 7 heteroatoms. The van der Waals surface area contributed by atoms with Gasteiger partial charge in [0.2, 0.25) is 0 Å². The summed E-state index contributed by atoms with van der Waals surface area (Å²) in [6, 6.07) is 4.56.